The molecule has 0 spiro atoms. The van der Waals surface area contributed by atoms with Crippen LogP contribution < -0.4 is 5.32 Å². The number of rotatable bonds is 7. The number of benzene rings is 2. The van der Waals surface area contributed by atoms with Crippen LogP contribution in [0.25, 0.3) is 11.4 Å². The van der Waals surface area contributed by atoms with E-state index in [1.165, 1.54) is 11.8 Å². The molecule has 0 aliphatic rings. The maximum absolute atomic E-state index is 13.2. The van der Waals surface area contributed by atoms with E-state index in [0.29, 0.717) is 5.16 Å². The molecule has 0 radical (unpaired) electrons. The minimum absolute atomic E-state index is 0.0494. The summed E-state index contributed by atoms with van der Waals surface area (Å²) >= 11 is 1.23. The van der Waals surface area contributed by atoms with Crippen molar-refractivity contribution in [1.29, 1.82) is 0 Å². The highest BCUT2D eigenvalue weighted by molar-refractivity contribution is 7.99. The lowest BCUT2D eigenvalue weighted by atomic mass is 10.1. The number of carbonyl (C=O) groups is 1. The van der Waals surface area contributed by atoms with Crippen LogP contribution in [0, 0.1) is 18.6 Å². The van der Waals surface area contributed by atoms with Crippen molar-refractivity contribution in [2.24, 2.45) is 0 Å². The topological polar surface area (TPSA) is 59.8 Å². The number of hydrogen-bond acceptors (Lipinski definition) is 4. The van der Waals surface area contributed by atoms with E-state index in [-0.39, 0.29) is 17.3 Å². The second kappa shape index (κ2) is 8.97. The Hall–Kier alpha value is -2.74. The van der Waals surface area contributed by atoms with Crippen LogP contribution in [0.15, 0.2) is 47.6 Å². The lowest BCUT2D eigenvalue weighted by Gasteiger charge is -2.09. The molecular weight excluding hydrogens is 382 g/mol. The van der Waals surface area contributed by atoms with Gasteiger partial charge in [0.1, 0.15) is 11.6 Å². The fourth-order valence-corrected chi connectivity index (χ4v) is 3.54. The van der Waals surface area contributed by atoms with Crippen LogP contribution in [-0.4, -0.2) is 26.4 Å². The fourth-order valence-electron chi connectivity index (χ4n) is 2.77. The third-order valence-corrected chi connectivity index (χ3v) is 4.89. The highest BCUT2D eigenvalue weighted by Gasteiger charge is 2.15. The molecule has 0 fully saturated rings. The van der Waals surface area contributed by atoms with E-state index in [0.717, 1.165) is 48.1 Å². The SMILES string of the molecule is CCCn1c(SCC(=O)Nc2cc(F)cc(F)c2)nnc1-c1cccc(C)c1. The quantitative estimate of drug-likeness (QED) is 0.584. The van der Waals surface area contributed by atoms with E-state index in [2.05, 4.69) is 22.4 Å². The Bertz CT molecular complexity index is 970. The highest BCUT2D eigenvalue weighted by atomic mass is 32.2. The smallest absolute Gasteiger partial charge is 0.234 e. The van der Waals surface area contributed by atoms with Crippen molar-refractivity contribution < 1.29 is 13.6 Å². The number of amides is 1. The van der Waals surface area contributed by atoms with E-state index in [1.807, 2.05) is 35.8 Å². The number of hydrogen-bond donors (Lipinski definition) is 1. The molecule has 0 bridgehead atoms. The van der Waals surface area contributed by atoms with Gasteiger partial charge in [0, 0.05) is 23.9 Å². The third kappa shape index (κ3) is 4.95. The zero-order chi connectivity index (χ0) is 20.1. The van der Waals surface area contributed by atoms with Gasteiger partial charge in [0.15, 0.2) is 11.0 Å². The summed E-state index contributed by atoms with van der Waals surface area (Å²) in [5, 5.41) is 11.6. The summed E-state index contributed by atoms with van der Waals surface area (Å²) in [7, 11) is 0. The third-order valence-electron chi connectivity index (χ3n) is 3.92. The van der Waals surface area contributed by atoms with E-state index in [1.54, 1.807) is 0 Å². The molecule has 1 heterocycles. The fraction of sp³-hybridized carbons (Fsp3) is 0.250. The van der Waals surface area contributed by atoms with E-state index < -0.39 is 11.6 Å². The first-order chi connectivity index (χ1) is 13.5. The Morgan fingerprint density at radius 2 is 1.89 bits per heavy atom. The summed E-state index contributed by atoms with van der Waals surface area (Å²) in [5.74, 6) is -1.06. The molecule has 0 saturated carbocycles. The molecule has 3 rings (SSSR count). The van der Waals surface area contributed by atoms with Gasteiger partial charge >= 0.3 is 0 Å². The van der Waals surface area contributed by atoms with Gasteiger partial charge in [-0.2, -0.15) is 0 Å². The molecule has 0 atom stereocenters. The van der Waals surface area contributed by atoms with Crippen molar-refractivity contribution in [2.45, 2.75) is 32.0 Å². The average molecular weight is 402 g/mol. The van der Waals surface area contributed by atoms with Crippen LogP contribution in [0.2, 0.25) is 0 Å². The lowest BCUT2D eigenvalue weighted by Crippen LogP contribution is -2.15. The summed E-state index contributed by atoms with van der Waals surface area (Å²) in [4.78, 5) is 12.2. The number of nitrogens with zero attached hydrogens (tertiary/aromatic N) is 3. The molecular formula is C20H20F2N4OS. The van der Waals surface area contributed by atoms with Crippen LogP contribution >= 0.6 is 11.8 Å². The van der Waals surface area contributed by atoms with Crippen molar-refractivity contribution >= 4 is 23.4 Å². The molecule has 0 unspecified atom stereocenters. The van der Waals surface area contributed by atoms with Crippen molar-refractivity contribution in [3.8, 4) is 11.4 Å². The Labute approximate surface area is 166 Å². The molecule has 0 saturated heterocycles. The summed E-state index contributed by atoms with van der Waals surface area (Å²) in [6.07, 6.45) is 0.888. The number of carbonyl (C=O) groups excluding carboxylic acids is 1. The lowest BCUT2D eigenvalue weighted by molar-refractivity contribution is -0.113. The number of thioether (sulfide) groups is 1. The van der Waals surface area contributed by atoms with Gasteiger partial charge in [-0.1, -0.05) is 42.4 Å². The molecule has 3 aromatic rings. The molecule has 0 aliphatic carbocycles. The molecule has 2 aromatic carbocycles. The standard InChI is InChI=1S/C20H20F2N4OS/c1-3-7-26-19(14-6-4-5-13(2)8-14)24-25-20(26)28-12-18(27)23-17-10-15(21)9-16(22)11-17/h4-6,8-11H,3,7,12H2,1-2H3,(H,23,27). The van der Waals surface area contributed by atoms with Crippen molar-refractivity contribution in [2.75, 3.05) is 11.1 Å². The van der Waals surface area contributed by atoms with Crippen LogP contribution in [-0.2, 0) is 11.3 Å². The van der Waals surface area contributed by atoms with Gasteiger partial charge in [-0.3, -0.25) is 4.79 Å². The van der Waals surface area contributed by atoms with Gasteiger partial charge in [0.25, 0.3) is 0 Å². The number of halogens is 2. The van der Waals surface area contributed by atoms with Gasteiger partial charge < -0.3 is 9.88 Å². The first kappa shape index (κ1) is 20.0. The summed E-state index contributed by atoms with van der Waals surface area (Å²) in [6, 6.07) is 10.9. The van der Waals surface area contributed by atoms with Crippen LogP contribution in [0.4, 0.5) is 14.5 Å². The molecule has 146 valence electrons. The molecule has 0 aliphatic heterocycles. The first-order valence-corrected chi connectivity index (χ1v) is 9.84. The normalized spacial score (nSPS) is 10.9. The summed E-state index contributed by atoms with van der Waals surface area (Å²) in [6.45, 7) is 4.79. The Kier molecular flexibility index (Phi) is 6.41. The molecule has 1 aromatic heterocycles. The molecule has 8 heteroatoms. The van der Waals surface area contributed by atoms with Crippen molar-refractivity contribution in [3.05, 3.63) is 59.7 Å². The van der Waals surface area contributed by atoms with E-state index in [9.17, 15) is 13.6 Å². The van der Waals surface area contributed by atoms with Crippen molar-refractivity contribution in [1.82, 2.24) is 14.8 Å². The molecule has 1 amide bonds. The molecule has 1 N–H and O–H groups in total. The Balaban J connectivity index is 1.72. The maximum Gasteiger partial charge on any atom is 0.234 e. The molecule has 28 heavy (non-hydrogen) atoms. The van der Waals surface area contributed by atoms with Crippen LogP contribution in [0.3, 0.4) is 0 Å². The van der Waals surface area contributed by atoms with E-state index >= 15 is 0 Å². The number of anilines is 1. The van der Waals surface area contributed by atoms with Gasteiger partial charge in [0.2, 0.25) is 5.91 Å². The van der Waals surface area contributed by atoms with Gasteiger partial charge in [-0.05, 0) is 31.5 Å². The maximum atomic E-state index is 13.2. The van der Waals surface area contributed by atoms with Gasteiger partial charge in [-0.25, -0.2) is 8.78 Å². The monoisotopic (exact) mass is 402 g/mol. The predicted molar refractivity (Wildman–Crippen MR) is 106 cm³/mol. The van der Waals surface area contributed by atoms with Crippen LogP contribution in [0.5, 0.6) is 0 Å². The number of aromatic nitrogens is 3. The second-order valence-electron chi connectivity index (χ2n) is 6.32. The second-order valence-corrected chi connectivity index (χ2v) is 7.26. The Morgan fingerprint density at radius 1 is 1.14 bits per heavy atom. The number of nitrogens with one attached hydrogen (secondary N) is 1. The molecule has 5 nitrogen and oxygen atoms in total. The largest absolute Gasteiger partial charge is 0.325 e. The number of aryl methyl sites for hydroxylation is 1. The van der Waals surface area contributed by atoms with Gasteiger partial charge in [0.05, 0.1) is 5.75 Å². The van der Waals surface area contributed by atoms with Gasteiger partial charge in [-0.15, -0.1) is 10.2 Å². The van der Waals surface area contributed by atoms with E-state index in [4.69, 9.17) is 0 Å². The zero-order valence-electron chi connectivity index (χ0n) is 15.6. The summed E-state index contributed by atoms with van der Waals surface area (Å²) in [5.41, 5.74) is 2.17. The zero-order valence-corrected chi connectivity index (χ0v) is 16.4. The predicted octanol–water partition coefficient (Wildman–Crippen LogP) is 4.67. The minimum atomic E-state index is -0.742. The van der Waals surface area contributed by atoms with Crippen LogP contribution in [0.1, 0.15) is 18.9 Å². The Morgan fingerprint density at radius 3 is 2.57 bits per heavy atom. The van der Waals surface area contributed by atoms with Crippen molar-refractivity contribution in [3.63, 3.8) is 0 Å². The average Bonchev–Trinajstić information content (AvgIpc) is 3.02. The first-order valence-electron chi connectivity index (χ1n) is 8.85. The minimum Gasteiger partial charge on any atom is -0.325 e. The highest BCUT2D eigenvalue weighted by Crippen LogP contribution is 2.25. The summed E-state index contributed by atoms with van der Waals surface area (Å²) < 4.78 is 28.5.